The summed E-state index contributed by atoms with van der Waals surface area (Å²) in [5.74, 6) is 0.861. The first kappa shape index (κ1) is 23.2. The topological polar surface area (TPSA) is 13.0 Å². The number of hydrogen-bond acceptors (Lipinski definition) is 4. The monoisotopic (exact) mass is 388 g/mol. The third-order valence-corrected chi connectivity index (χ3v) is 6.21. The van der Waals surface area contributed by atoms with E-state index in [2.05, 4.69) is 57.0 Å². The van der Waals surface area contributed by atoms with Crippen LogP contribution in [-0.4, -0.2) is 86.7 Å². The number of rotatable bonds is 4. The van der Waals surface area contributed by atoms with Gasteiger partial charge in [-0.2, -0.15) is 0 Å². The molecule has 0 saturated carbocycles. The SMILES string of the molecule is CC.CC.CN1CCC(N2CCN(CC3CN(c4ccccc4)C3)CC2)CC1. The molecule has 4 nitrogen and oxygen atoms in total. The van der Waals surface area contributed by atoms with Gasteiger partial charge < -0.3 is 14.7 Å². The Morgan fingerprint density at radius 2 is 1.36 bits per heavy atom. The maximum absolute atomic E-state index is 2.76. The zero-order valence-electron chi connectivity index (χ0n) is 19.1. The van der Waals surface area contributed by atoms with Crippen LogP contribution in [-0.2, 0) is 0 Å². The quantitative estimate of drug-likeness (QED) is 0.776. The normalized spacial score (nSPS) is 22.5. The highest BCUT2D eigenvalue weighted by Gasteiger charge is 2.31. The van der Waals surface area contributed by atoms with Crippen molar-refractivity contribution in [3.05, 3.63) is 30.3 Å². The van der Waals surface area contributed by atoms with Crippen molar-refractivity contribution in [3.8, 4) is 0 Å². The summed E-state index contributed by atoms with van der Waals surface area (Å²) in [5.41, 5.74) is 1.39. The van der Waals surface area contributed by atoms with Gasteiger partial charge in [0.2, 0.25) is 0 Å². The van der Waals surface area contributed by atoms with E-state index in [0.29, 0.717) is 0 Å². The van der Waals surface area contributed by atoms with Crippen molar-refractivity contribution >= 4 is 5.69 Å². The van der Waals surface area contributed by atoms with Gasteiger partial charge in [-0.25, -0.2) is 0 Å². The van der Waals surface area contributed by atoms with E-state index < -0.39 is 0 Å². The van der Waals surface area contributed by atoms with E-state index in [1.165, 1.54) is 77.4 Å². The van der Waals surface area contributed by atoms with Crippen LogP contribution in [0.4, 0.5) is 5.69 Å². The predicted octanol–water partition coefficient (Wildman–Crippen LogP) is 3.89. The number of nitrogens with zero attached hydrogens (tertiary/aromatic N) is 4. The van der Waals surface area contributed by atoms with E-state index in [0.717, 1.165) is 12.0 Å². The molecule has 1 aromatic rings. The second-order valence-electron chi connectivity index (χ2n) is 7.98. The third-order valence-electron chi connectivity index (χ3n) is 6.21. The predicted molar refractivity (Wildman–Crippen MR) is 123 cm³/mol. The fourth-order valence-corrected chi connectivity index (χ4v) is 4.57. The number of hydrogen-bond donors (Lipinski definition) is 0. The van der Waals surface area contributed by atoms with Crippen molar-refractivity contribution < 1.29 is 0 Å². The summed E-state index contributed by atoms with van der Waals surface area (Å²) >= 11 is 0. The lowest BCUT2D eigenvalue weighted by Crippen LogP contribution is -2.56. The van der Waals surface area contributed by atoms with Crippen molar-refractivity contribution in [1.82, 2.24) is 14.7 Å². The average molecular weight is 389 g/mol. The molecule has 0 N–H and O–H groups in total. The lowest BCUT2D eigenvalue weighted by molar-refractivity contribution is 0.0563. The van der Waals surface area contributed by atoms with Crippen LogP contribution in [0.2, 0.25) is 0 Å². The minimum Gasteiger partial charge on any atom is -0.371 e. The fraction of sp³-hybridized carbons (Fsp3) is 0.750. The number of likely N-dealkylation sites (tertiary alicyclic amines) is 1. The molecule has 0 amide bonds. The Bertz CT molecular complexity index is 499. The molecule has 1 aromatic carbocycles. The molecule has 3 aliphatic heterocycles. The molecule has 0 unspecified atom stereocenters. The van der Waals surface area contributed by atoms with Gasteiger partial charge in [0.25, 0.3) is 0 Å². The van der Waals surface area contributed by atoms with Gasteiger partial charge >= 0.3 is 0 Å². The molecule has 3 aliphatic rings. The van der Waals surface area contributed by atoms with Crippen molar-refractivity contribution in [3.63, 3.8) is 0 Å². The summed E-state index contributed by atoms with van der Waals surface area (Å²) in [7, 11) is 2.26. The molecular weight excluding hydrogens is 344 g/mol. The average Bonchev–Trinajstić information content (AvgIpc) is 2.75. The molecule has 0 radical (unpaired) electrons. The molecule has 4 heteroatoms. The smallest absolute Gasteiger partial charge is 0.0366 e. The van der Waals surface area contributed by atoms with E-state index in [1.54, 1.807) is 0 Å². The molecule has 0 aromatic heterocycles. The maximum Gasteiger partial charge on any atom is 0.0366 e. The first-order valence-corrected chi connectivity index (χ1v) is 11.7. The maximum atomic E-state index is 2.76. The molecule has 0 aliphatic carbocycles. The summed E-state index contributed by atoms with van der Waals surface area (Å²) in [6, 6.07) is 11.7. The van der Waals surface area contributed by atoms with Gasteiger partial charge in [-0.3, -0.25) is 4.90 Å². The van der Waals surface area contributed by atoms with Crippen LogP contribution in [0.5, 0.6) is 0 Å². The molecular formula is C24H44N4. The Morgan fingerprint density at radius 1 is 0.786 bits per heavy atom. The Kier molecular flexibility index (Phi) is 10.3. The number of piperazine rings is 1. The van der Waals surface area contributed by atoms with Gasteiger partial charge in [-0.15, -0.1) is 0 Å². The van der Waals surface area contributed by atoms with E-state index in [1.807, 2.05) is 27.7 Å². The summed E-state index contributed by atoms with van der Waals surface area (Å²) in [5, 5.41) is 0. The molecule has 4 rings (SSSR count). The van der Waals surface area contributed by atoms with Crippen molar-refractivity contribution in [2.75, 3.05) is 70.9 Å². The van der Waals surface area contributed by atoms with Gasteiger partial charge in [-0.05, 0) is 45.1 Å². The zero-order valence-corrected chi connectivity index (χ0v) is 19.1. The first-order valence-electron chi connectivity index (χ1n) is 11.7. The van der Waals surface area contributed by atoms with Crippen LogP contribution in [0.3, 0.4) is 0 Å². The second kappa shape index (κ2) is 12.5. The van der Waals surface area contributed by atoms with E-state index in [-0.39, 0.29) is 0 Å². The first-order chi connectivity index (χ1) is 13.8. The van der Waals surface area contributed by atoms with Gasteiger partial charge in [0.15, 0.2) is 0 Å². The van der Waals surface area contributed by atoms with Gasteiger partial charge in [0.1, 0.15) is 0 Å². The molecule has 0 atom stereocenters. The third kappa shape index (κ3) is 6.47. The summed E-state index contributed by atoms with van der Waals surface area (Å²) in [4.78, 5) is 10.5. The zero-order chi connectivity index (χ0) is 20.4. The minimum atomic E-state index is 0.848. The molecule has 3 fully saturated rings. The second-order valence-corrected chi connectivity index (χ2v) is 7.98. The van der Waals surface area contributed by atoms with Crippen molar-refractivity contribution in [1.29, 1.82) is 0 Å². The molecule has 28 heavy (non-hydrogen) atoms. The Hall–Kier alpha value is -1.10. The number of anilines is 1. The number of benzene rings is 1. The number of para-hydroxylation sites is 1. The van der Waals surface area contributed by atoms with Crippen molar-refractivity contribution in [2.24, 2.45) is 5.92 Å². The Labute approximate surface area is 174 Å². The van der Waals surface area contributed by atoms with Crippen LogP contribution >= 0.6 is 0 Å². The van der Waals surface area contributed by atoms with Crippen LogP contribution in [0, 0.1) is 5.92 Å². The van der Waals surface area contributed by atoms with Gasteiger partial charge in [0.05, 0.1) is 0 Å². The molecule has 0 bridgehead atoms. The summed E-state index contributed by atoms with van der Waals surface area (Å²) in [6.07, 6.45) is 2.73. The van der Waals surface area contributed by atoms with E-state index in [4.69, 9.17) is 0 Å². The van der Waals surface area contributed by atoms with E-state index >= 15 is 0 Å². The fourth-order valence-electron chi connectivity index (χ4n) is 4.57. The molecule has 3 saturated heterocycles. The summed E-state index contributed by atoms with van der Waals surface area (Å²) in [6.45, 7) is 19.4. The highest BCUT2D eigenvalue weighted by molar-refractivity contribution is 5.48. The highest BCUT2D eigenvalue weighted by atomic mass is 15.3. The van der Waals surface area contributed by atoms with Crippen LogP contribution < -0.4 is 4.90 Å². The van der Waals surface area contributed by atoms with Crippen LogP contribution in [0.25, 0.3) is 0 Å². The largest absolute Gasteiger partial charge is 0.371 e. The summed E-state index contributed by atoms with van der Waals surface area (Å²) < 4.78 is 0. The standard InChI is InChI=1S/C20H32N4.2C2H6/c1-21-9-7-20(8-10-21)23-13-11-22(12-14-23)15-18-16-24(17-18)19-5-3-2-4-6-19;2*1-2/h2-6,18,20H,7-17H2,1H3;2*1-2H3. The lowest BCUT2D eigenvalue weighted by atomic mass is 9.97. The van der Waals surface area contributed by atoms with Crippen LogP contribution in [0.1, 0.15) is 40.5 Å². The molecule has 3 heterocycles. The number of piperidine rings is 1. The van der Waals surface area contributed by atoms with Gasteiger partial charge in [-0.1, -0.05) is 45.9 Å². The molecule has 0 spiro atoms. The van der Waals surface area contributed by atoms with Crippen LogP contribution in [0.15, 0.2) is 30.3 Å². The highest BCUT2D eigenvalue weighted by Crippen LogP contribution is 2.25. The Morgan fingerprint density at radius 3 is 1.93 bits per heavy atom. The van der Waals surface area contributed by atoms with Crippen molar-refractivity contribution in [2.45, 2.75) is 46.6 Å². The van der Waals surface area contributed by atoms with Gasteiger partial charge in [0, 0.05) is 63.5 Å². The van der Waals surface area contributed by atoms with E-state index in [9.17, 15) is 0 Å². The lowest BCUT2D eigenvalue weighted by Gasteiger charge is -2.46. The Balaban J connectivity index is 0.000000660. The molecule has 160 valence electrons. The minimum absolute atomic E-state index is 0.848.